The summed E-state index contributed by atoms with van der Waals surface area (Å²) in [4.78, 5) is 39.1. The zero-order chi connectivity index (χ0) is 21.6. The highest BCUT2D eigenvalue weighted by molar-refractivity contribution is 5.97. The molecule has 1 aliphatic heterocycles. The molecule has 2 N–H and O–H groups in total. The van der Waals surface area contributed by atoms with E-state index in [9.17, 15) is 14.4 Å². The van der Waals surface area contributed by atoms with E-state index in [1.807, 2.05) is 20.8 Å². The highest BCUT2D eigenvalue weighted by Crippen LogP contribution is 2.21. The molecule has 1 aliphatic rings. The van der Waals surface area contributed by atoms with Gasteiger partial charge in [0.2, 0.25) is 11.8 Å². The van der Waals surface area contributed by atoms with Crippen molar-refractivity contribution in [3.8, 4) is 0 Å². The van der Waals surface area contributed by atoms with Crippen molar-refractivity contribution in [2.75, 3.05) is 25.0 Å². The Balaban J connectivity index is 1.93. The molecule has 0 aliphatic carbocycles. The maximum atomic E-state index is 12.9. The third kappa shape index (κ3) is 6.87. The van der Waals surface area contributed by atoms with E-state index in [-0.39, 0.29) is 23.6 Å². The second-order valence-corrected chi connectivity index (χ2v) is 9.35. The maximum absolute atomic E-state index is 12.9. The largest absolute Gasteiger partial charge is 0.356 e. The molecule has 3 amide bonds. The fraction of sp³-hybridized carbons (Fsp3) is 0.609. The van der Waals surface area contributed by atoms with Gasteiger partial charge in [0, 0.05) is 36.3 Å². The van der Waals surface area contributed by atoms with Crippen molar-refractivity contribution in [2.24, 2.45) is 17.3 Å². The molecule has 29 heavy (non-hydrogen) atoms. The molecule has 0 spiro atoms. The maximum Gasteiger partial charge on any atom is 0.253 e. The van der Waals surface area contributed by atoms with Crippen LogP contribution >= 0.6 is 0 Å². The molecule has 1 aromatic rings. The molecule has 1 atom stereocenters. The van der Waals surface area contributed by atoms with Crippen molar-refractivity contribution in [1.29, 1.82) is 0 Å². The molecule has 2 rings (SSSR count). The van der Waals surface area contributed by atoms with E-state index >= 15 is 0 Å². The first-order chi connectivity index (χ1) is 13.6. The average molecular weight is 402 g/mol. The summed E-state index contributed by atoms with van der Waals surface area (Å²) < 4.78 is 0. The Morgan fingerprint density at radius 2 is 1.79 bits per heavy atom. The monoisotopic (exact) mass is 401 g/mol. The number of nitrogens with zero attached hydrogens (tertiary/aromatic N) is 1. The number of benzene rings is 1. The topological polar surface area (TPSA) is 78.5 Å². The zero-order valence-electron chi connectivity index (χ0n) is 18.4. The number of piperidine rings is 1. The lowest BCUT2D eigenvalue weighted by Gasteiger charge is -2.32. The SMILES string of the molecule is CC(C)CCNC(=O)C1CCCN(C(=O)c2ccc(NC(=O)C(C)(C)C)cc2)C1. The number of nitrogens with one attached hydrogen (secondary N) is 2. The Morgan fingerprint density at radius 3 is 2.38 bits per heavy atom. The minimum absolute atomic E-state index is 0.0448. The van der Waals surface area contributed by atoms with Gasteiger partial charge in [-0.2, -0.15) is 0 Å². The summed E-state index contributed by atoms with van der Waals surface area (Å²) in [6.45, 7) is 11.6. The van der Waals surface area contributed by atoms with E-state index in [1.165, 1.54) is 0 Å². The third-order valence-electron chi connectivity index (χ3n) is 5.17. The van der Waals surface area contributed by atoms with Gasteiger partial charge in [-0.15, -0.1) is 0 Å². The molecular formula is C23H35N3O3. The third-order valence-corrected chi connectivity index (χ3v) is 5.17. The summed E-state index contributed by atoms with van der Waals surface area (Å²) in [5.41, 5.74) is 0.759. The van der Waals surface area contributed by atoms with Crippen molar-refractivity contribution < 1.29 is 14.4 Å². The van der Waals surface area contributed by atoms with Crippen LogP contribution in [0.5, 0.6) is 0 Å². The van der Waals surface area contributed by atoms with E-state index < -0.39 is 5.41 Å². The summed E-state index contributed by atoms with van der Waals surface area (Å²) >= 11 is 0. The van der Waals surface area contributed by atoms with Crippen molar-refractivity contribution >= 4 is 23.4 Å². The molecule has 1 saturated heterocycles. The number of carbonyl (C=O) groups excluding carboxylic acids is 3. The zero-order valence-corrected chi connectivity index (χ0v) is 18.4. The van der Waals surface area contributed by atoms with Crippen LogP contribution in [0.4, 0.5) is 5.69 Å². The van der Waals surface area contributed by atoms with Gasteiger partial charge in [-0.25, -0.2) is 0 Å². The number of anilines is 1. The van der Waals surface area contributed by atoms with Crippen LogP contribution < -0.4 is 10.6 Å². The molecule has 1 aromatic carbocycles. The molecule has 0 bridgehead atoms. The van der Waals surface area contributed by atoms with Crippen LogP contribution in [-0.2, 0) is 9.59 Å². The fourth-order valence-corrected chi connectivity index (χ4v) is 3.20. The second kappa shape index (κ2) is 9.90. The molecule has 6 heteroatoms. The van der Waals surface area contributed by atoms with Gasteiger partial charge >= 0.3 is 0 Å². The number of carbonyl (C=O) groups is 3. The minimum Gasteiger partial charge on any atom is -0.356 e. The first-order valence-corrected chi connectivity index (χ1v) is 10.6. The average Bonchev–Trinajstić information content (AvgIpc) is 2.67. The molecule has 6 nitrogen and oxygen atoms in total. The van der Waals surface area contributed by atoms with Gasteiger partial charge in [0.1, 0.15) is 0 Å². The van der Waals surface area contributed by atoms with Crippen LogP contribution in [-0.4, -0.2) is 42.3 Å². The van der Waals surface area contributed by atoms with Gasteiger partial charge in [0.05, 0.1) is 5.92 Å². The van der Waals surface area contributed by atoms with Crippen molar-refractivity contribution in [3.05, 3.63) is 29.8 Å². The molecule has 1 fully saturated rings. The van der Waals surface area contributed by atoms with Gasteiger partial charge < -0.3 is 15.5 Å². The summed E-state index contributed by atoms with van der Waals surface area (Å²) in [5, 5.41) is 5.86. The quantitative estimate of drug-likeness (QED) is 0.763. The van der Waals surface area contributed by atoms with E-state index in [0.29, 0.717) is 36.8 Å². The van der Waals surface area contributed by atoms with Gasteiger partial charge in [-0.3, -0.25) is 14.4 Å². The predicted octanol–water partition coefficient (Wildman–Crippen LogP) is 3.69. The van der Waals surface area contributed by atoms with Crippen LogP contribution in [0.2, 0.25) is 0 Å². The van der Waals surface area contributed by atoms with E-state index in [4.69, 9.17) is 0 Å². The van der Waals surface area contributed by atoms with Gasteiger partial charge in [0.15, 0.2) is 0 Å². The minimum atomic E-state index is -0.479. The van der Waals surface area contributed by atoms with E-state index in [2.05, 4.69) is 24.5 Å². The summed E-state index contributed by atoms with van der Waals surface area (Å²) in [6, 6.07) is 6.95. The standard InChI is InChI=1S/C23H35N3O3/c1-16(2)12-13-24-20(27)18-7-6-14-26(15-18)21(28)17-8-10-19(11-9-17)25-22(29)23(3,4)5/h8-11,16,18H,6-7,12-15H2,1-5H3,(H,24,27)(H,25,29). The van der Waals surface area contributed by atoms with Crippen LogP contribution in [0, 0.1) is 17.3 Å². The van der Waals surface area contributed by atoms with E-state index in [0.717, 1.165) is 19.3 Å². The molecule has 160 valence electrons. The Labute approximate surface area is 174 Å². The molecule has 0 saturated carbocycles. The van der Waals surface area contributed by atoms with Crippen molar-refractivity contribution in [2.45, 2.75) is 53.9 Å². The van der Waals surface area contributed by atoms with Crippen LogP contribution in [0.3, 0.4) is 0 Å². The second-order valence-electron chi connectivity index (χ2n) is 9.35. The Kier molecular flexibility index (Phi) is 7.82. The summed E-state index contributed by atoms with van der Waals surface area (Å²) in [5.74, 6) is 0.307. The van der Waals surface area contributed by atoms with Crippen LogP contribution in [0.25, 0.3) is 0 Å². The lowest BCUT2D eigenvalue weighted by Crippen LogP contribution is -2.45. The molecular weight excluding hydrogens is 366 g/mol. The highest BCUT2D eigenvalue weighted by atomic mass is 16.2. The number of hydrogen-bond acceptors (Lipinski definition) is 3. The van der Waals surface area contributed by atoms with Crippen LogP contribution in [0.15, 0.2) is 24.3 Å². The first kappa shape index (κ1) is 22.9. The molecule has 0 radical (unpaired) electrons. The smallest absolute Gasteiger partial charge is 0.253 e. The molecule has 0 aromatic heterocycles. The lowest BCUT2D eigenvalue weighted by molar-refractivity contribution is -0.126. The molecule has 1 unspecified atom stereocenters. The lowest BCUT2D eigenvalue weighted by atomic mass is 9.95. The molecule has 1 heterocycles. The number of rotatable bonds is 6. The Bertz CT molecular complexity index is 720. The summed E-state index contributed by atoms with van der Waals surface area (Å²) in [6.07, 6.45) is 2.60. The van der Waals surface area contributed by atoms with Gasteiger partial charge in [-0.05, 0) is 49.4 Å². The fourth-order valence-electron chi connectivity index (χ4n) is 3.20. The normalized spacial score (nSPS) is 17.2. The first-order valence-electron chi connectivity index (χ1n) is 10.6. The van der Waals surface area contributed by atoms with Gasteiger partial charge in [-0.1, -0.05) is 34.6 Å². The number of amides is 3. The highest BCUT2D eigenvalue weighted by Gasteiger charge is 2.29. The Hall–Kier alpha value is -2.37. The van der Waals surface area contributed by atoms with Crippen LogP contribution in [0.1, 0.15) is 64.2 Å². The van der Waals surface area contributed by atoms with Crippen molar-refractivity contribution in [1.82, 2.24) is 10.2 Å². The summed E-state index contributed by atoms with van der Waals surface area (Å²) in [7, 11) is 0. The van der Waals surface area contributed by atoms with Gasteiger partial charge in [0.25, 0.3) is 5.91 Å². The predicted molar refractivity (Wildman–Crippen MR) is 116 cm³/mol. The van der Waals surface area contributed by atoms with Crippen molar-refractivity contribution in [3.63, 3.8) is 0 Å². The number of likely N-dealkylation sites (tertiary alicyclic amines) is 1. The number of hydrogen-bond donors (Lipinski definition) is 2. The van der Waals surface area contributed by atoms with E-state index in [1.54, 1.807) is 29.2 Å². The Morgan fingerprint density at radius 1 is 1.14 bits per heavy atom.